The maximum Gasteiger partial charge on any atom is 0.225 e. The molecule has 2 aliphatic rings. The highest BCUT2D eigenvalue weighted by Crippen LogP contribution is 2.29. The van der Waals surface area contributed by atoms with E-state index in [1.54, 1.807) is 7.11 Å². The number of methoxy groups -OCH3 is 1. The van der Waals surface area contributed by atoms with Crippen molar-refractivity contribution in [1.82, 2.24) is 20.6 Å². The fourth-order valence-corrected chi connectivity index (χ4v) is 5.01. The summed E-state index contributed by atoms with van der Waals surface area (Å²) < 4.78 is 5.29. The summed E-state index contributed by atoms with van der Waals surface area (Å²) in [5, 5.41) is 11.1. The van der Waals surface area contributed by atoms with Crippen LogP contribution < -0.4 is 25.6 Å². The van der Waals surface area contributed by atoms with Crippen molar-refractivity contribution in [2.24, 2.45) is 0 Å². The number of hydrogen-bond donors (Lipinski definition) is 3. The first-order valence-corrected chi connectivity index (χ1v) is 12.4. The topological polar surface area (TPSA) is 74.3 Å². The summed E-state index contributed by atoms with van der Waals surface area (Å²) in [6, 6.07) is 8.83. The Kier molecular flexibility index (Phi) is 7.85. The Morgan fingerprint density at radius 1 is 1.09 bits per heavy atom. The maximum absolute atomic E-state index is 5.53. The lowest BCUT2D eigenvalue weighted by Crippen LogP contribution is -2.44. The number of rotatable bonds is 7. The lowest BCUT2D eigenvalue weighted by molar-refractivity contribution is 0.385. The molecule has 0 bridgehead atoms. The summed E-state index contributed by atoms with van der Waals surface area (Å²) in [4.78, 5) is 11.9. The van der Waals surface area contributed by atoms with E-state index in [0.29, 0.717) is 23.7 Å². The van der Waals surface area contributed by atoms with Crippen molar-refractivity contribution in [1.29, 1.82) is 0 Å². The molecule has 0 aliphatic heterocycles. The van der Waals surface area contributed by atoms with E-state index in [4.69, 9.17) is 26.9 Å². The van der Waals surface area contributed by atoms with Gasteiger partial charge in [0.05, 0.1) is 12.8 Å². The van der Waals surface area contributed by atoms with Crippen LogP contribution in [-0.2, 0) is 19.4 Å². The van der Waals surface area contributed by atoms with Crippen molar-refractivity contribution in [2.45, 2.75) is 70.0 Å². The molecule has 0 atom stereocenters. The predicted octanol–water partition coefficient (Wildman–Crippen LogP) is 3.82. The molecule has 3 N–H and O–H groups in total. The molecule has 2 aromatic rings. The van der Waals surface area contributed by atoms with Crippen LogP contribution in [0.15, 0.2) is 24.3 Å². The van der Waals surface area contributed by atoms with Gasteiger partial charge in [0.1, 0.15) is 11.6 Å². The van der Waals surface area contributed by atoms with Gasteiger partial charge in [-0.15, -0.1) is 0 Å². The normalized spacial score (nSPS) is 19.8. The Morgan fingerprint density at radius 3 is 2.61 bits per heavy atom. The van der Waals surface area contributed by atoms with Crippen LogP contribution in [0.2, 0.25) is 0 Å². The molecule has 0 unspecified atom stereocenters. The third-order valence-electron chi connectivity index (χ3n) is 6.57. The molecule has 33 heavy (non-hydrogen) atoms. The van der Waals surface area contributed by atoms with E-state index >= 15 is 0 Å². The van der Waals surface area contributed by atoms with E-state index in [0.717, 1.165) is 61.6 Å². The van der Waals surface area contributed by atoms with E-state index in [1.165, 1.54) is 24.1 Å². The lowest BCUT2D eigenvalue weighted by Gasteiger charge is -2.31. The third kappa shape index (κ3) is 6.25. The van der Waals surface area contributed by atoms with Crippen LogP contribution in [0.25, 0.3) is 0 Å². The highest BCUT2D eigenvalue weighted by atomic mass is 32.1. The van der Waals surface area contributed by atoms with E-state index in [-0.39, 0.29) is 0 Å². The van der Waals surface area contributed by atoms with Gasteiger partial charge in [-0.1, -0.05) is 12.1 Å². The minimum absolute atomic E-state index is 0.398. The Morgan fingerprint density at radius 2 is 1.85 bits per heavy atom. The minimum Gasteiger partial charge on any atom is -0.497 e. The molecule has 2 aliphatic carbocycles. The van der Waals surface area contributed by atoms with Gasteiger partial charge < -0.3 is 25.6 Å². The van der Waals surface area contributed by atoms with Gasteiger partial charge in [0.2, 0.25) is 5.95 Å². The molecular formula is C25H36N6OS. The molecule has 1 heterocycles. The average molecular weight is 469 g/mol. The summed E-state index contributed by atoms with van der Waals surface area (Å²) in [6.07, 6.45) is 8.90. The molecule has 0 amide bonds. The van der Waals surface area contributed by atoms with E-state index in [9.17, 15) is 0 Å². The predicted molar refractivity (Wildman–Crippen MR) is 138 cm³/mol. The van der Waals surface area contributed by atoms with E-state index in [2.05, 4.69) is 41.0 Å². The monoisotopic (exact) mass is 468 g/mol. The molecule has 1 fully saturated rings. The average Bonchev–Trinajstić information content (AvgIpc) is 2.83. The zero-order valence-electron chi connectivity index (χ0n) is 20.0. The van der Waals surface area contributed by atoms with Crippen LogP contribution in [0.5, 0.6) is 5.75 Å². The largest absolute Gasteiger partial charge is 0.497 e. The van der Waals surface area contributed by atoms with Crippen molar-refractivity contribution in [3.63, 3.8) is 0 Å². The molecule has 1 aromatic heterocycles. The number of nitrogens with one attached hydrogen (secondary N) is 3. The Bertz CT molecular complexity index is 958. The van der Waals surface area contributed by atoms with Gasteiger partial charge >= 0.3 is 0 Å². The zero-order valence-corrected chi connectivity index (χ0v) is 20.8. The first-order valence-electron chi connectivity index (χ1n) is 12.0. The second-order valence-corrected chi connectivity index (χ2v) is 9.68. The molecule has 7 nitrogen and oxygen atoms in total. The molecule has 0 saturated heterocycles. The van der Waals surface area contributed by atoms with Crippen molar-refractivity contribution in [2.75, 3.05) is 31.4 Å². The first-order chi connectivity index (χ1) is 16.0. The van der Waals surface area contributed by atoms with Gasteiger partial charge in [0.15, 0.2) is 5.11 Å². The summed E-state index contributed by atoms with van der Waals surface area (Å²) in [7, 11) is 5.83. The van der Waals surface area contributed by atoms with Crippen LogP contribution in [0, 0.1) is 0 Å². The number of anilines is 2. The van der Waals surface area contributed by atoms with Crippen LogP contribution in [0.4, 0.5) is 11.8 Å². The van der Waals surface area contributed by atoms with Gasteiger partial charge in [0, 0.05) is 38.3 Å². The zero-order chi connectivity index (χ0) is 23.2. The van der Waals surface area contributed by atoms with Gasteiger partial charge in [-0.25, -0.2) is 4.98 Å². The van der Waals surface area contributed by atoms with Gasteiger partial charge in [-0.3, -0.25) is 0 Å². The van der Waals surface area contributed by atoms with Crippen LogP contribution >= 0.6 is 12.2 Å². The summed E-state index contributed by atoms with van der Waals surface area (Å²) >= 11 is 5.53. The fourth-order valence-electron chi connectivity index (χ4n) is 4.77. The number of hydrogen-bond acceptors (Lipinski definition) is 6. The second-order valence-electron chi connectivity index (χ2n) is 9.27. The quantitative estimate of drug-likeness (QED) is 0.530. The summed E-state index contributed by atoms with van der Waals surface area (Å²) in [6.45, 7) is 0.684. The number of thiocarbonyl (C=S) groups is 1. The van der Waals surface area contributed by atoms with Crippen molar-refractivity contribution in [3.8, 4) is 5.75 Å². The lowest BCUT2D eigenvalue weighted by atomic mass is 9.91. The number of nitrogens with zero attached hydrogens (tertiary/aromatic N) is 3. The number of fused-ring (bicyclic) bond motifs is 1. The van der Waals surface area contributed by atoms with Gasteiger partial charge in [-0.2, -0.15) is 4.98 Å². The molecule has 4 rings (SSSR count). The Balaban J connectivity index is 1.25. The number of aromatic nitrogens is 2. The smallest absolute Gasteiger partial charge is 0.225 e. The van der Waals surface area contributed by atoms with E-state index < -0.39 is 0 Å². The third-order valence-corrected chi connectivity index (χ3v) is 6.83. The minimum atomic E-state index is 0.398. The standard InChI is InChI=1S/C25H36N6OS/c1-31(2)23-21-9-4-5-10-22(21)29-24(30-23)27-18-11-13-19(14-12-18)28-25(33)26-16-17-7-6-8-20(15-17)32-3/h6-8,15,18-19H,4-5,9-14,16H2,1-3H3,(H2,26,28,33)(H,27,29,30). The number of aryl methyl sites for hydroxylation is 1. The summed E-state index contributed by atoms with van der Waals surface area (Å²) in [5.41, 5.74) is 3.71. The number of benzene rings is 1. The van der Waals surface area contributed by atoms with Crippen LogP contribution in [0.3, 0.4) is 0 Å². The Labute approximate surface area is 202 Å². The van der Waals surface area contributed by atoms with E-state index in [1.807, 2.05) is 18.2 Å². The first kappa shape index (κ1) is 23.5. The fraction of sp³-hybridized carbons (Fsp3) is 0.560. The highest BCUT2D eigenvalue weighted by molar-refractivity contribution is 7.80. The molecule has 178 valence electrons. The van der Waals surface area contributed by atoms with Crippen LogP contribution in [-0.4, -0.2) is 48.4 Å². The van der Waals surface area contributed by atoms with Gasteiger partial charge in [0.25, 0.3) is 0 Å². The Hall–Kier alpha value is -2.61. The van der Waals surface area contributed by atoms with Gasteiger partial charge in [-0.05, 0) is 81.3 Å². The molecule has 1 aromatic carbocycles. The molecule has 0 spiro atoms. The summed E-state index contributed by atoms with van der Waals surface area (Å²) in [5.74, 6) is 2.72. The van der Waals surface area contributed by atoms with Crippen LogP contribution in [0.1, 0.15) is 55.3 Å². The SMILES string of the molecule is COc1cccc(CNC(=S)NC2CCC(Nc3nc4c(c(N(C)C)n3)CCCC4)CC2)c1. The highest BCUT2D eigenvalue weighted by Gasteiger charge is 2.24. The number of ether oxygens (including phenoxy) is 1. The van der Waals surface area contributed by atoms with Crippen molar-refractivity contribution >= 4 is 29.1 Å². The maximum atomic E-state index is 5.53. The molecule has 0 radical (unpaired) electrons. The molecule has 8 heteroatoms. The molecular weight excluding hydrogens is 432 g/mol. The molecule has 1 saturated carbocycles. The van der Waals surface area contributed by atoms with Crippen molar-refractivity contribution < 1.29 is 4.74 Å². The van der Waals surface area contributed by atoms with Crippen molar-refractivity contribution in [3.05, 3.63) is 41.1 Å². The second kappa shape index (κ2) is 11.0.